The minimum atomic E-state index is -0.694. The van der Waals surface area contributed by atoms with Crippen LogP contribution in [0.4, 0.5) is 4.39 Å². The molecule has 0 saturated carbocycles. The lowest BCUT2D eigenvalue weighted by molar-refractivity contribution is 0.0525. The van der Waals surface area contributed by atoms with Crippen LogP contribution in [0.1, 0.15) is 28.4 Å². The van der Waals surface area contributed by atoms with Crippen molar-refractivity contribution >= 4 is 5.97 Å². The Kier molecular flexibility index (Phi) is 3.40. The molecule has 0 aliphatic heterocycles. The van der Waals surface area contributed by atoms with Crippen LogP contribution in [0.5, 0.6) is 0 Å². The summed E-state index contributed by atoms with van der Waals surface area (Å²) < 4.78 is 18.0. The second kappa shape index (κ2) is 4.56. The topological polar surface area (TPSA) is 50.1 Å². The minimum Gasteiger partial charge on any atom is -0.462 e. The van der Waals surface area contributed by atoms with Gasteiger partial charge < -0.3 is 4.74 Å². The van der Waals surface area contributed by atoms with E-state index in [9.17, 15) is 9.18 Å². The first kappa shape index (κ1) is 11.2. The van der Waals surface area contributed by atoms with Crippen LogP contribution in [0.2, 0.25) is 0 Å². The molecule has 15 heavy (non-hydrogen) atoms. The first-order chi connectivity index (χ1) is 7.10. The van der Waals surface area contributed by atoms with E-state index in [0.29, 0.717) is 5.56 Å². The number of aryl methyl sites for hydroxylation is 1. The molecule has 0 unspecified atom stereocenters. The maximum atomic E-state index is 13.3. The van der Waals surface area contributed by atoms with E-state index < -0.39 is 11.8 Å². The third kappa shape index (κ3) is 2.32. The molecular formula is C11H10FNO2. The van der Waals surface area contributed by atoms with Crippen LogP contribution in [0.25, 0.3) is 0 Å². The first-order valence-electron chi connectivity index (χ1n) is 4.47. The average molecular weight is 207 g/mol. The molecule has 0 fully saturated rings. The van der Waals surface area contributed by atoms with E-state index in [0.717, 1.165) is 6.07 Å². The predicted molar refractivity (Wildman–Crippen MR) is 51.8 cm³/mol. The summed E-state index contributed by atoms with van der Waals surface area (Å²) in [6.07, 6.45) is 0. The summed E-state index contributed by atoms with van der Waals surface area (Å²) in [5.41, 5.74) is 0.523. The summed E-state index contributed by atoms with van der Waals surface area (Å²) in [7, 11) is 0. The number of nitrogens with zero attached hydrogens (tertiary/aromatic N) is 1. The number of carbonyl (C=O) groups is 1. The van der Waals surface area contributed by atoms with Gasteiger partial charge in [-0.15, -0.1) is 0 Å². The third-order valence-electron chi connectivity index (χ3n) is 1.91. The number of nitriles is 1. The first-order valence-corrected chi connectivity index (χ1v) is 4.47. The normalized spacial score (nSPS) is 9.47. The zero-order valence-electron chi connectivity index (χ0n) is 8.50. The highest BCUT2D eigenvalue weighted by atomic mass is 19.1. The Morgan fingerprint density at radius 2 is 2.27 bits per heavy atom. The number of hydrogen-bond acceptors (Lipinski definition) is 3. The molecule has 3 nitrogen and oxygen atoms in total. The van der Waals surface area contributed by atoms with E-state index in [4.69, 9.17) is 10.00 Å². The van der Waals surface area contributed by atoms with Gasteiger partial charge in [0.05, 0.1) is 17.7 Å². The maximum Gasteiger partial charge on any atom is 0.338 e. The smallest absolute Gasteiger partial charge is 0.338 e. The molecule has 1 rings (SSSR count). The molecule has 78 valence electrons. The summed E-state index contributed by atoms with van der Waals surface area (Å²) in [6.45, 7) is 3.48. The van der Waals surface area contributed by atoms with Gasteiger partial charge in [0.25, 0.3) is 0 Å². The lowest BCUT2D eigenvalue weighted by Crippen LogP contribution is -2.06. The minimum absolute atomic E-state index is 0.0388. The van der Waals surface area contributed by atoms with Crippen molar-refractivity contribution in [2.24, 2.45) is 0 Å². The predicted octanol–water partition coefficient (Wildman–Crippen LogP) is 2.18. The summed E-state index contributed by atoms with van der Waals surface area (Å²) >= 11 is 0. The van der Waals surface area contributed by atoms with E-state index in [1.54, 1.807) is 19.9 Å². The van der Waals surface area contributed by atoms with Crippen molar-refractivity contribution in [1.82, 2.24) is 0 Å². The van der Waals surface area contributed by atoms with Gasteiger partial charge in [0.15, 0.2) is 0 Å². The van der Waals surface area contributed by atoms with Crippen molar-refractivity contribution in [1.29, 1.82) is 5.26 Å². The number of rotatable bonds is 2. The zero-order chi connectivity index (χ0) is 11.4. The molecule has 0 saturated heterocycles. The van der Waals surface area contributed by atoms with Gasteiger partial charge in [-0.05, 0) is 31.5 Å². The Morgan fingerprint density at radius 1 is 1.60 bits per heavy atom. The Hall–Kier alpha value is -1.89. The highest BCUT2D eigenvalue weighted by molar-refractivity contribution is 5.89. The fraction of sp³-hybridized carbons (Fsp3) is 0.273. The molecule has 4 heteroatoms. The number of ether oxygens (including phenoxy) is 1. The summed E-state index contributed by atoms with van der Waals surface area (Å²) in [4.78, 5) is 11.3. The Morgan fingerprint density at radius 3 is 2.73 bits per heavy atom. The molecule has 0 bridgehead atoms. The zero-order valence-corrected chi connectivity index (χ0v) is 8.50. The molecule has 1 aromatic rings. The molecule has 1 aromatic carbocycles. The van der Waals surface area contributed by atoms with E-state index in [1.165, 1.54) is 6.07 Å². The molecule has 0 atom stereocenters. The highest BCUT2D eigenvalue weighted by Crippen LogP contribution is 2.15. The second-order valence-corrected chi connectivity index (χ2v) is 2.98. The van der Waals surface area contributed by atoms with Gasteiger partial charge in [-0.3, -0.25) is 0 Å². The monoisotopic (exact) mass is 207 g/mol. The lowest BCUT2D eigenvalue weighted by Gasteiger charge is -2.04. The van der Waals surface area contributed by atoms with Crippen molar-refractivity contribution in [2.45, 2.75) is 13.8 Å². The van der Waals surface area contributed by atoms with Gasteiger partial charge in [-0.25, -0.2) is 9.18 Å². The quantitative estimate of drug-likeness (QED) is 0.698. The number of carbonyl (C=O) groups excluding carboxylic acids is 1. The number of hydrogen-bond donors (Lipinski definition) is 0. The summed E-state index contributed by atoms with van der Waals surface area (Å²) in [5.74, 6) is -1.27. The van der Waals surface area contributed by atoms with Crippen molar-refractivity contribution in [3.63, 3.8) is 0 Å². The highest BCUT2D eigenvalue weighted by Gasteiger charge is 2.12. The van der Waals surface area contributed by atoms with E-state index in [1.807, 2.05) is 0 Å². The van der Waals surface area contributed by atoms with Crippen molar-refractivity contribution in [2.75, 3.05) is 6.61 Å². The standard InChI is InChI=1S/C11H10FNO2/c1-3-15-11(14)8-4-7(2)9(6-13)10(12)5-8/h4-5H,3H2,1-2H3. The van der Waals surface area contributed by atoms with Crippen LogP contribution >= 0.6 is 0 Å². The Balaban J connectivity index is 3.15. The summed E-state index contributed by atoms with van der Waals surface area (Å²) in [5, 5.41) is 8.63. The molecular weight excluding hydrogens is 197 g/mol. The van der Waals surface area contributed by atoms with Crippen LogP contribution in [-0.2, 0) is 4.74 Å². The number of halogens is 1. The third-order valence-corrected chi connectivity index (χ3v) is 1.91. The van der Waals surface area contributed by atoms with Crippen LogP contribution in [0, 0.1) is 24.1 Å². The molecule has 0 heterocycles. The van der Waals surface area contributed by atoms with Gasteiger partial charge in [0.2, 0.25) is 0 Å². The molecule has 0 aliphatic rings. The van der Waals surface area contributed by atoms with Gasteiger partial charge >= 0.3 is 5.97 Å². The Labute approximate surface area is 87.1 Å². The van der Waals surface area contributed by atoms with E-state index >= 15 is 0 Å². The van der Waals surface area contributed by atoms with Crippen LogP contribution in [0.15, 0.2) is 12.1 Å². The fourth-order valence-corrected chi connectivity index (χ4v) is 1.22. The second-order valence-electron chi connectivity index (χ2n) is 2.98. The largest absolute Gasteiger partial charge is 0.462 e. The van der Waals surface area contributed by atoms with E-state index in [-0.39, 0.29) is 17.7 Å². The van der Waals surface area contributed by atoms with Gasteiger partial charge in [0, 0.05) is 0 Å². The van der Waals surface area contributed by atoms with Crippen LogP contribution in [-0.4, -0.2) is 12.6 Å². The average Bonchev–Trinajstić information content (AvgIpc) is 2.17. The van der Waals surface area contributed by atoms with Crippen molar-refractivity contribution in [3.8, 4) is 6.07 Å². The van der Waals surface area contributed by atoms with Crippen molar-refractivity contribution < 1.29 is 13.9 Å². The number of esters is 1. The SMILES string of the molecule is CCOC(=O)c1cc(C)c(C#N)c(F)c1. The maximum absolute atomic E-state index is 13.3. The van der Waals surface area contributed by atoms with Crippen LogP contribution < -0.4 is 0 Å². The van der Waals surface area contributed by atoms with Gasteiger partial charge in [0.1, 0.15) is 11.9 Å². The lowest BCUT2D eigenvalue weighted by atomic mass is 10.1. The van der Waals surface area contributed by atoms with Crippen molar-refractivity contribution in [3.05, 3.63) is 34.6 Å². The number of benzene rings is 1. The van der Waals surface area contributed by atoms with Gasteiger partial charge in [-0.1, -0.05) is 0 Å². The molecule has 0 amide bonds. The summed E-state index contributed by atoms with van der Waals surface area (Å²) in [6, 6.07) is 4.20. The van der Waals surface area contributed by atoms with E-state index in [2.05, 4.69) is 0 Å². The molecule has 0 aromatic heterocycles. The Bertz CT molecular complexity index is 412. The van der Waals surface area contributed by atoms with Gasteiger partial charge in [-0.2, -0.15) is 5.26 Å². The molecule has 0 spiro atoms. The molecule has 0 aliphatic carbocycles. The molecule has 0 radical (unpaired) electrons. The molecule has 0 N–H and O–H groups in total. The van der Waals surface area contributed by atoms with Crippen LogP contribution in [0.3, 0.4) is 0 Å². The fourth-order valence-electron chi connectivity index (χ4n) is 1.22.